The molecule has 1 heterocycles. The van der Waals surface area contributed by atoms with Crippen molar-refractivity contribution in [3.8, 4) is 0 Å². The monoisotopic (exact) mass is 521 g/mol. The van der Waals surface area contributed by atoms with E-state index in [1.807, 2.05) is 0 Å². The molecular weight excluding hydrogens is 448 g/mol. The van der Waals surface area contributed by atoms with Crippen LogP contribution in [-0.4, -0.2) is 37.1 Å². The number of nitrogens with one attached hydrogen (secondary N) is 1. The lowest BCUT2D eigenvalue weighted by molar-refractivity contribution is 0.148. The largest absolute Gasteiger partial charge is 0.314 e. The predicted molar refractivity (Wildman–Crippen MR) is 169 cm³/mol. The Morgan fingerprint density at radius 1 is 0.541 bits per heavy atom. The number of hydrogen-bond acceptors (Lipinski definition) is 2. The maximum Gasteiger partial charge on any atom is 0.00671 e. The number of hydrogen-bond donors (Lipinski definition) is 1. The van der Waals surface area contributed by atoms with Crippen molar-refractivity contribution >= 4 is 0 Å². The first-order valence-electron chi connectivity index (χ1n) is 17.7. The highest BCUT2D eigenvalue weighted by Gasteiger charge is 2.22. The lowest BCUT2D eigenvalue weighted by Gasteiger charge is -2.35. The van der Waals surface area contributed by atoms with Crippen LogP contribution in [0.15, 0.2) is 0 Å². The second-order valence-electron chi connectivity index (χ2n) is 12.8. The van der Waals surface area contributed by atoms with Crippen LogP contribution in [0.5, 0.6) is 0 Å². The van der Waals surface area contributed by atoms with E-state index >= 15 is 0 Å². The summed E-state index contributed by atoms with van der Waals surface area (Å²) < 4.78 is 0. The lowest BCUT2D eigenvalue weighted by Crippen LogP contribution is -2.41. The first-order valence-corrected chi connectivity index (χ1v) is 17.7. The molecule has 1 aliphatic rings. The molecule has 0 amide bonds. The van der Waals surface area contributed by atoms with Crippen LogP contribution >= 0.6 is 0 Å². The Morgan fingerprint density at radius 2 is 0.946 bits per heavy atom. The lowest BCUT2D eigenvalue weighted by atomic mass is 9.91. The highest BCUT2D eigenvalue weighted by atomic mass is 15.1. The van der Waals surface area contributed by atoms with Crippen molar-refractivity contribution < 1.29 is 0 Å². The summed E-state index contributed by atoms with van der Waals surface area (Å²) in [6, 6.07) is 0.775. The SMILES string of the molecule is CCCCCCCC(CCCCCCC)NCC1CCN(CC(CCCCCC)CCCCCC)CC1. The Hall–Kier alpha value is -0.0800. The van der Waals surface area contributed by atoms with Gasteiger partial charge in [-0.1, -0.05) is 143 Å². The Bertz CT molecular complexity index is 417. The summed E-state index contributed by atoms with van der Waals surface area (Å²) in [4.78, 5) is 2.85. The second kappa shape index (κ2) is 26.2. The fraction of sp³-hybridized carbons (Fsp3) is 1.00. The molecule has 0 radical (unpaired) electrons. The molecule has 2 heteroatoms. The fourth-order valence-corrected chi connectivity index (χ4v) is 6.46. The molecule has 1 fully saturated rings. The number of rotatable bonds is 27. The zero-order valence-electron chi connectivity index (χ0n) is 26.5. The molecule has 0 saturated carbocycles. The molecule has 37 heavy (non-hydrogen) atoms. The Balaban J connectivity index is 2.36. The topological polar surface area (TPSA) is 15.3 Å². The van der Waals surface area contributed by atoms with Crippen LogP contribution < -0.4 is 5.32 Å². The zero-order chi connectivity index (χ0) is 26.8. The van der Waals surface area contributed by atoms with E-state index in [0.717, 1.165) is 17.9 Å². The Labute approximate surface area is 235 Å². The van der Waals surface area contributed by atoms with Gasteiger partial charge in [0.1, 0.15) is 0 Å². The van der Waals surface area contributed by atoms with E-state index in [9.17, 15) is 0 Å². The zero-order valence-corrected chi connectivity index (χ0v) is 26.5. The van der Waals surface area contributed by atoms with Gasteiger partial charge in [0, 0.05) is 12.6 Å². The molecular formula is C35H72N2. The third kappa shape index (κ3) is 20.5. The first-order chi connectivity index (χ1) is 18.2. The molecule has 2 nitrogen and oxygen atoms in total. The van der Waals surface area contributed by atoms with Gasteiger partial charge in [-0.2, -0.15) is 0 Å². The summed E-state index contributed by atoms with van der Waals surface area (Å²) in [5.41, 5.74) is 0. The van der Waals surface area contributed by atoms with Crippen LogP contribution in [0, 0.1) is 11.8 Å². The standard InChI is InChI=1S/C35H72N2/c1-5-9-13-17-21-25-35(26-22-18-14-10-6-2)36-31-33-27-29-37(30-28-33)32-34(23-19-15-11-7-3)24-20-16-12-8-4/h33-36H,5-32H2,1-4H3. The summed E-state index contributed by atoms with van der Waals surface area (Å²) >= 11 is 0. The van der Waals surface area contributed by atoms with E-state index in [-0.39, 0.29) is 0 Å². The van der Waals surface area contributed by atoms with Crippen LogP contribution in [0.1, 0.15) is 182 Å². The minimum absolute atomic E-state index is 0.775. The van der Waals surface area contributed by atoms with Crippen molar-refractivity contribution in [2.45, 2.75) is 188 Å². The minimum Gasteiger partial charge on any atom is -0.314 e. The van der Waals surface area contributed by atoms with Gasteiger partial charge in [-0.05, 0) is 70.0 Å². The van der Waals surface area contributed by atoms with Crippen molar-refractivity contribution in [3.63, 3.8) is 0 Å². The number of likely N-dealkylation sites (tertiary alicyclic amines) is 1. The van der Waals surface area contributed by atoms with Crippen LogP contribution in [0.4, 0.5) is 0 Å². The van der Waals surface area contributed by atoms with Crippen LogP contribution in [-0.2, 0) is 0 Å². The van der Waals surface area contributed by atoms with Gasteiger partial charge in [0.2, 0.25) is 0 Å². The first kappa shape index (κ1) is 34.9. The molecule has 0 spiro atoms. The maximum absolute atomic E-state index is 4.09. The molecule has 1 N–H and O–H groups in total. The molecule has 1 rings (SSSR count). The molecule has 0 atom stereocenters. The van der Waals surface area contributed by atoms with Crippen molar-refractivity contribution in [2.75, 3.05) is 26.2 Å². The smallest absolute Gasteiger partial charge is 0.00671 e. The number of unbranched alkanes of at least 4 members (excludes halogenated alkanes) is 14. The van der Waals surface area contributed by atoms with E-state index < -0.39 is 0 Å². The maximum atomic E-state index is 4.09. The molecule has 0 aromatic rings. The van der Waals surface area contributed by atoms with Gasteiger partial charge < -0.3 is 10.2 Å². The summed E-state index contributed by atoms with van der Waals surface area (Å²) in [6.45, 7) is 14.7. The molecule has 0 unspecified atom stereocenters. The summed E-state index contributed by atoms with van der Waals surface area (Å²) in [5.74, 6) is 1.86. The quantitative estimate of drug-likeness (QED) is 0.108. The summed E-state index contributed by atoms with van der Waals surface area (Å²) in [6.07, 6.45) is 34.2. The summed E-state index contributed by atoms with van der Waals surface area (Å²) in [7, 11) is 0. The van der Waals surface area contributed by atoms with Gasteiger partial charge in [-0.25, -0.2) is 0 Å². The van der Waals surface area contributed by atoms with Crippen LogP contribution in [0.2, 0.25) is 0 Å². The molecule has 222 valence electrons. The number of piperidine rings is 1. The highest BCUT2D eigenvalue weighted by Crippen LogP contribution is 2.24. The van der Waals surface area contributed by atoms with E-state index in [0.29, 0.717) is 0 Å². The van der Waals surface area contributed by atoms with Gasteiger partial charge in [-0.3, -0.25) is 0 Å². The second-order valence-corrected chi connectivity index (χ2v) is 12.8. The van der Waals surface area contributed by atoms with Crippen LogP contribution in [0.25, 0.3) is 0 Å². The summed E-state index contributed by atoms with van der Waals surface area (Å²) in [5, 5.41) is 4.09. The Kier molecular flexibility index (Phi) is 24.7. The average Bonchev–Trinajstić information content (AvgIpc) is 2.92. The van der Waals surface area contributed by atoms with E-state index in [4.69, 9.17) is 0 Å². The van der Waals surface area contributed by atoms with E-state index in [2.05, 4.69) is 37.9 Å². The number of nitrogens with zero attached hydrogens (tertiary/aromatic N) is 1. The fourth-order valence-electron chi connectivity index (χ4n) is 6.46. The molecule has 1 saturated heterocycles. The van der Waals surface area contributed by atoms with E-state index in [1.165, 1.54) is 180 Å². The van der Waals surface area contributed by atoms with Gasteiger partial charge in [-0.15, -0.1) is 0 Å². The molecule has 0 aromatic carbocycles. The molecule has 0 bridgehead atoms. The molecule has 1 aliphatic heterocycles. The third-order valence-corrected chi connectivity index (χ3v) is 9.16. The normalized spacial score (nSPS) is 15.4. The van der Waals surface area contributed by atoms with Crippen molar-refractivity contribution in [2.24, 2.45) is 11.8 Å². The van der Waals surface area contributed by atoms with Gasteiger partial charge >= 0.3 is 0 Å². The highest BCUT2D eigenvalue weighted by molar-refractivity contribution is 4.78. The van der Waals surface area contributed by atoms with E-state index in [1.54, 1.807) is 0 Å². The minimum atomic E-state index is 0.775. The predicted octanol–water partition coefficient (Wildman–Crippen LogP) is 10.9. The van der Waals surface area contributed by atoms with Gasteiger partial charge in [0.05, 0.1) is 0 Å². The van der Waals surface area contributed by atoms with Gasteiger partial charge in [0.25, 0.3) is 0 Å². The van der Waals surface area contributed by atoms with Crippen molar-refractivity contribution in [1.29, 1.82) is 0 Å². The molecule has 0 aliphatic carbocycles. The Morgan fingerprint density at radius 3 is 1.41 bits per heavy atom. The van der Waals surface area contributed by atoms with Gasteiger partial charge in [0.15, 0.2) is 0 Å². The van der Waals surface area contributed by atoms with Crippen molar-refractivity contribution in [3.05, 3.63) is 0 Å². The third-order valence-electron chi connectivity index (χ3n) is 9.16. The van der Waals surface area contributed by atoms with Crippen LogP contribution in [0.3, 0.4) is 0 Å². The average molecular weight is 521 g/mol. The van der Waals surface area contributed by atoms with Crippen molar-refractivity contribution in [1.82, 2.24) is 10.2 Å². The molecule has 0 aromatic heterocycles.